The minimum atomic E-state index is -3.38. The van der Waals surface area contributed by atoms with E-state index in [9.17, 15) is 14.2 Å². The van der Waals surface area contributed by atoms with Gasteiger partial charge in [-0.3, -0.25) is 9.36 Å². The predicted molar refractivity (Wildman–Crippen MR) is 68.6 cm³/mol. The maximum atomic E-state index is 11.9. The lowest BCUT2D eigenvalue weighted by Crippen LogP contribution is -2.09. The Morgan fingerprint density at radius 1 is 1.00 bits per heavy atom. The lowest BCUT2D eigenvalue weighted by Gasteiger charge is -2.12. The van der Waals surface area contributed by atoms with E-state index in [0.717, 1.165) is 0 Å². The average Bonchev–Trinajstić information content (AvgIpc) is 2.46. The molecule has 0 radical (unpaired) electrons. The third kappa shape index (κ3) is 3.99. The van der Waals surface area contributed by atoms with Gasteiger partial charge in [-0.2, -0.15) is 0 Å². The Bertz CT molecular complexity index is 499. The molecule has 0 fully saturated rings. The third-order valence-corrected chi connectivity index (χ3v) is 4.31. The molecule has 0 amide bonds. The Balaban J connectivity index is 2.84. The molecule has 0 saturated carbocycles. The van der Waals surface area contributed by atoms with Gasteiger partial charge in [-0.25, -0.2) is 4.79 Å². The van der Waals surface area contributed by atoms with Gasteiger partial charge in [0.05, 0.1) is 12.7 Å². The second-order valence-electron chi connectivity index (χ2n) is 3.63. The zero-order chi connectivity index (χ0) is 14.5. The van der Waals surface area contributed by atoms with Crippen LogP contribution in [-0.4, -0.2) is 39.2 Å². The number of benzene rings is 1. The molecule has 0 saturated heterocycles. The zero-order valence-corrected chi connectivity index (χ0v) is 11.8. The monoisotopic (exact) mass is 286 g/mol. The average molecular weight is 286 g/mol. The van der Waals surface area contributed by atoms with Gasteiger partial charge in [0.1, 0.15) is 6.16 Å². The molecular weight excluding hydrogens is 271 g/mol. The van der Waals surface area contributed by atoms with Crippen LogP contribution in [0.1, 0.15) is 20.7 Å². The fourth-order valence-electron chi connectivity index (χ4n) is 1.38. The van der Waals surface area contributed by atoms with E-state index in [1.54, 1.807) is 0 Å². The van der Waals surface area contributed by atoms with Crippen LogP contribution in [0.2, 0.25) is 0 Å². The van der Waals surface area contributed by atoms with Crippen molar-refractivity contribution in [3.05, 3.63) is 35.4 Å². The number of carbonyl (C=O) groups is 2. The summed E-state index contributed by atoms with van der Waals surface area (Å²) < 4.78 is 25.8. The van der Waals surface area contributed by atoms with Crippen LogP contribution in [0, 0.1) is 0 Å². The largest absolute Gasteiger partial charge is 0.465 e. The van der Waals surface area contributed by atoms with Crippen LogP contribution in [0.4, 0.5) is 0 Å². The Kier molecular flexibility index (Phi) is 5.42. The molecule has 104 valence electrons. The molecule has 0 N–H and O–H groups in total. The fraction of sp³-hybridized carbons (Fsp3) is 0.333. The topological polar surface area (TPSA) is 78.9 Å². The van der Waals surface area contributed by atoms with E-state index in [1.165, 1.54) is 45.6 Å². The van der Waals surface area contributed by atoms with Crippen molar-refractivity contribution in [1.82, 2.24) is 0 Å². The van der Waals surface area contributed by atoms with Crippen molar-refractivity contribution >= 4 is 19.3 Å². The first kappa shape index (κ1) is 15.6. The quantitative estimate of drug-likeness (QED) is 0.453. The van der Waals surface area contributed by atoms with Crippen LogP contribution < -0.4 is 0 Å². The van der Waals surface area contributed by atoms with Gasteiger partial charge in [-0.15, -0.1) is 0 Å². The highest BCUT2D eigenvalue weighted by molar-refractivity contribution is 7.54. The lowest BCUT2D eigenvalue weighted by molar-refractivity contribution is 0.0600. The Morgan fingerprint density at radius 2 is 1.47 bits per heavy atom. The second-order valence-corrected chi connectivity index (χ2v) is 5.89. The number of hydrogen-bond acceptors (Lipinski definition) is 6. The van der Waals surface area contributed by atoms with Gasteiger partial charge in [-0.1, -0.05) is 12.1 Å². The summed E-state index contributed by atoms with van der Waals surface area (Å²) in [6.45, 7) is 0. The van der Waals surface area contributed by atoms with Crippen LogP contribution in [0.5, 0.6) is 0 Å². The summed E-state index contributed by atoms with van der Waals surface area (Å²) in [6, 6.07) is 5.85. The number of rotatable bonds is 6. The highest BCUT2D eigenvalue weighted by Gasteiger charge is 2.26. The van der Waals surface area contributed by atoms with Crippen molar-refractivity contribution in [2.45, 2.75) is 0 Å². The number of methoxy groups -OCH3 is 1. The van der Waals surface area contributed by atoms with E-state index in [2.05, 4.69) is 4.74 Å². The maximum absolute atomic E-state index is 11.9. The molecule has 7 heteroatoms. The van der Waals surface area contributed by atoms with Crippen molar-refractivity contribution in [2.24, 2.45) is 0 Å². The minimum Gasteiger partial charge on any atom is -0.465 e. The molecule has 0 aliphatic carbocycles. The van der Waals surface area contributed by atoms with Crippen LogP contribution in [0.3, 0.4) is 0 Å². The number of Topliss-reactive ketones (excluding diaryl/α,β-unsaturated/α-hetero) is 1. The summed E-state index contributed by atoms with van der Waals surface area (Å²) in [7, 11) is 0.332. The van der Waals surface area contributed by atoms with E-state index in [4.69, 9.17) is 9.05 Å². The molecule has 6 nitrogen and oxygen atoms in total. The predicted octanol–water partition coefficient (Wildman–Crippen LogP) is 2.14. The maximum Gasteiger partial charge on any atom is 0.337 e. The van der Waals surface area contributed by atoms with E-state index in [1.807, 2.05) is 0 Å². The lowest BCUT2D eigenvalue weighted by atomic mass is 10.1. The van der Waals surface area contributed by atoms with Crippen LogP contribution >= 0.6 is 7.60 Å². The number of ether oxygens (including phenoxy) is 1. The number of ketones is 1. The zero-order valence-electron chi connectivity index (χ0n) is 10.9. The molecule has 0 aliphatic heterocycles. The first-order valence-corrected chi connectivity index (χ1v) is 7.10. The molecule has 1 rings (SSSR count). The number of esters is 1. The molecule has 0 aromatic heterocycles. The Hall–Kier alpha value is -1.49. The van der Waals surface area contributed by atoms with E-state index in [0.29, 0.717) is 11.1 Å². The summed E-state index contributed by atoms with van der Waals surface area (Å²) >= 11 is 0. The van der Waals surface area contributed by atoms with Crippen LogP contribution in [0.15, 0.2) is 24.3 Å². The summed E-state index contributed by atoms with van der Waals surface area (Å²) in [6.07, 6.45) is -0.350. The Morgan fingerprint density at radius 3 is 1.89 bits per heavy atom. The summed E-state index contributed by atoms with van der Waals surface area (Å²) in [5.74, 6) is -0.873. The molecule has 0 aliphatic rings. The highest BCUT2D eigenvalue weighted by atomic mass is 31.2. The smallest absolute Gasteiger partial charge is 0.337 e. The fourth-order valence-corrected chi connectivity index (χ4v) is 2.32. The SMILES string of the molecule is COC(=O)c1ccc(C(=O)CP(=O)(OC)OC)cc1. The molecule has 1 aromatic carbocycles. The molecule has 1 aromatic rings. The second kappa shape index (κ2) is 6.61. The molecule has 0 spiro atoms. The molecule has 0 bridgehead atoms. The van der Waals surface area contributed by atoms with E-state index >= 15 is 0 Å². The first-order chi connectivity index (χ1) is 8.95. The summed E-state index contributed by atoms with van der Waals surface area (Å²) in [5, 5.41) is 0. The molecule has 0 unspecified atom stereocenters. The van der Waals surface area contributed by atoms with Gasteiger partial charge < -0.3 is 13.8 Å². The van der Waals surface area contributed by atoms with Crippen molar-refractivity contribution in [3.8, 4) is 0 Å². The van der Waals surface area contributed by atoms with Gasteiger partial charge in [-0.05, 0) is 12.1 Å². The van der Waals surface area contributed by atoms with Gasteiger partial charge in [0.25, 0.3) is 0 Å². The van der Waals surface area contributed by atoms with Crippen molar-refractivity contribution in [3.63, 3.8) is 0 Å². The molecule has 0 heterocycles. The van der Waals surface area contributed by atoms with Gasteiger partial charge in [0.15, 0.2) is 5.78 Å². The summed E-state index contributed by atoms with van der Waals surface area (Å²) in [4.78, 5) is 23.1. The van der Waals surface area contributed by atoms with Crippen molar-refractivity contribution in [2.75, 3.05) is 27.5 Å². The normalized spacial score (nSPS) is 11.1. The van der Waals surface area contributed by atoms with Gasteiger partial charge >= 0.3 is 13.6 Å². The third-order valence-electron chi connectivity index (χ3n) is 2.52. The van der Waals surface area contributed by atoms with Gasteiger partial charge in [0, 0.05) is 19.8 Å². The highest BCUT2D eigenvalue weighted by Crippen LogP contribution is 2.46. The van der Waals surface area contributed by atoms with E-state index < -0.39 is 13.6 Å². The van der Waals surface area contributed by atoms with Crippen LogP contribution in [-0.2, 0) is 18.3 Å². The summed E-state index contributed by atoms with van der Waals surface area (Å²) in [5.41, 5.74) is 0.655. The van der Waals surface area contributed by atoms with Crippen molar-refractivity contribution in [1.29, 1.82) is 0 Å². The number of hydrogen-bond donors (Lipinski definition) is 0. The standard InChI is InChI=1S/C12H15O6P/c1-16-12(14)10-6-4-9(5-7-10)11(13)8-19(15,17-2)18-3/h4-7H,8H2,1-3H3. The van der Waals surface area contributed by atoms with Crippen molar-refractivity contribution < 1.29 is 27.9 Å². The number of carbonyl (C=O) groups excluding carboxylic acids is 2. The molecule has 0 atom stereocenters. The first-order valence-electron chi connectivity index (χ1n) is 5.38. The minimum absolute atomic E-state index is 0.321. The molecular formula is C12H15O6P. The van der Waals surface area contributed by atoms with Gasteiger partial charge in [0.2, 0.25) is 0 Å². The Labute approximate surface area is 111 Å². The van der Waals surface area contributed by atoms with E-state index in [-0.39, 0.29) is 11.9 Å². The van der Waals surface area contributed by atoms with Crippen LogP contribution in [0.25, 0.3) is 0 Å². The molecule has 19 heavy (non-hydrogen) atoms.